The van der Waals surface area contributed by atoms with Crippen LogP contribution < -0.4 is 5.32 Å². The van der Waals surface area contributed by atoms with Crippen molar-refractivity contribution in [1.29, 1.82) is 0 Å². The van der Waals surface area contributed by atoms with Crippen LogP contribution in [0.25, 0.3) is 0 Å². The van der Waals surface area contributed by atoms with Gasteiger partial charge in [0.1, 0.15) is 48.8 Å². The van der Waals surface area contributed by atoms with Crippen molar-refractivity contribution in [1.82, 2.24) is 5.32 Å². The van der Waals surface area contributed by atoms with E-state index in [9.17, 15) is 45.6 Å². The first-order valence-corrected chi connectivity index (χ1v) is 11.2. The number of ether oxygens (including phenoxy) is 2. The van der Waals surface area contributed by atoms with E-state index in [0.717, 1.165) is 0 Å². The Morgan fingerprint density at radius 2 is 1.68 bits per heavy atom. The number of hydrogen-bond donors (Lipinski definition) is 11. The lowest BCUT2D eigenvalue weighted by Gasteiger charge is -2.45. The summed E-state index contributed by atoms with van der Waals surface area (Å²) in [6, 6.07) is -2.31. The van der Waals surface area contributed by atoms with Crippen molar-refractivity contribution in [2.24, 2.45) is 0 Å². The predicted molar refractivity (Wildman–Crippen MR) is 112 cm³/mol. The van der Waals surface area contributed by atoms with Crippen LogP contribution in [0.1, 0.15) is 6.92 Å². The van der Waals surface area contributed by atoms with Crippen LogP contribution in [-0.4, -0.2) is 150 Å². The summed E-state index contributed by atoms with van der Waals surface area (Å²) in [5.74, 6) is -1.21. The predicted octanol–water partition coefficient (Wildman–Crippen LogP) is -6.32. The fraction of sp³-hybridized carbons (Fsp3) is 0.842. The molecule has 12 atom stereocenters. The lowest BCUT2D eigenvalue weighted by Crippen LogP contribution is -2.67. The Hall–Kier alpha value is -1.31. The van der Waals surface area contributed by atoms with E-state index in [1.807, 2.05) is 0 Å². The van der Waals surface area contributed by atoms with E-state index in [-0.39, 0.29) is 5.57 Å². The highest BCUT2D eigenvalue weighted by Crippen LogP contribution is 2.28. The first kappa shape index (κ1) is 32.9. The van der Waals surface area contributed by atoms with Crippen molar-refractivity contribution in [3.63, 3.8) is 0 Å². The Labute approximate surface area is 214 Å². The second-order valence-corrected chi connectivity index (χ2v) is 8.49. The molecule has 0 spiro atoms. The molecule has 12 unspecified atom stereocenters. The van der Waals surface area contributed by atoms with Crippen LogP contribution in [-0.2, 0) is 39.3 Å². The second kappa shape index (κ2) is 15.5. The summed E-state index contributed by atoms with van der Waals surface area (Å²) in [4.78, 5) is 16.9. The molecule has 0 aromatic rings. The maximum absolute atomic E-state index is 12.2. The van der Waals surface area contributed by atoms with Crippen molar-refractivity contribution < 1.29 is 90.5 Å². The fourth-order valence-electron chi connectivity index (χ4n) is 3.99. The molecule has 2 rings (SSSR count). The molecule has 1 aliphatic heterocycles. The maximum atomic E-state index is 12.2. The van der Waals surface area contributed by atoms with Crippen LogP contribution in [0.5, 0.6) is 0 Å². The van der Waals surface area contributed by atoms with Crippen molar-refractivity contribution in [2.45, 2.75) is 80.2 Å². The number of ketones is 1. The second-order valence-electron chi connectivity index (χ2n) is 8.49. The van der Waals surface area contributed by atoms with E-state index in [1.165, 1.54) is 13.0 Å². The largest absolute Gasteiger partial charge is 0.394 e. The third-order valence-corrected chi connectivity index (χ3v) is 6.03. The zero-order valence-electron chi connectivity index (χ0n) is 19.9. The maximum Gasteiger partial charge on any atom is 0.195 e. The molecule has 2 aliphatic rings. The molecule has 0 aromatic carbocycles. The van der Waals surface area contributed by atoms with Crippen LogP contribution in [0, 0.1) is 0 Å². The van der Waals surface area contributed by atoms with Crippen molar-refractivity contribution in [3.05, 3.63) is 11.6 Å². The van der Waals surface area contributed by atoms with Gasteiger partial charge in [0.05, 0.1) is 38.0 Å². The zero-order valence-corrected chi connectivity index (χ0v) is 19.9. The van der Waals surface area contributed by atoms with Gasteiger partial charge in [0.2, 0.25) is 0 Å². The Bertz CT molecular complexity index is 757. The van der Waals surface area contributed by atoms with Crippen molar-refractivity contribution in [3.8, 4) is 0 Å². The van der Waals surface area contributed by atoms with Crippen LogP contribution in [0.15, 0.2) is 11.6 Å². The van der Waals surface area contributed by atoms with Gasteiger partial charge in [-0.1, -0.05) is 6.08 Å². The van der Waals surface area contributed by atoms with Gasteiger partial charge in [-0.05, 0) is 32.6 Å². The molecule has 11 N–H and O–H groups in total. The molecule has 1 aliphatic carbocycles. The molecule has 38 heavy (non-hydrogen) atoms. The van der Waals surface area contributed by atoms with Gasteiger partial charge in [-0.2, -0.15) is 4.89 Å². The Morgan fingerprint density at radius 1 is 1.00 bits per heavy atom. The van der Waals surface area contributed by atoms with Crippen LogP contribution in [0.2, 0.25) is 0 Å². The Morgan fingerprint density at radius 3 is 2.26 bits per heavy atom. The lowest BCUT2D eigenvalue weighted by atomic mass is 9.86. The zero-order chi connectivity index (χ0) is 28.6. The molecule has 0 saturated carbocycles. The molecule has 0 aromatic heterocycles. The quantitative estimate of drug-likeness (QED) is 0.0382. The van der Waals surface area contributed by atoms with Crippen LogP contribution >= 0.6 is 0 Å². The van der Waals surface area contributed by atoms with Gasteiger partial charge in [-0.15, -0.1) is 0 Å². The monoisotopic (exact) mass is 563 g/mol. The molecule has 0 bridgehead atoms. The summed E-state index contributed by atoms with van der Waals surface area (Å²) >= 11 is 0. The number of nitrogens with one attached hydrogen (secondary N) is 1. The minimum atomic E-state index is -1.97. The highest BCUT2D eigenvalue weighted by Gasteiger charge is 2.48. The number of hydrogen-bond acceptors (Lipinski definition) is 19. The number of Topliss-reactive ketones (excluding diaryl/α,β-unsaturated/α-hetero) is 1. The minimum Gasteiger partial charge on any atom is -0.394 e. The molecule has 1 saturated heterocycles. The van der Waals surface area contributed by atoms with Crippen molar-refractivity contribution >= 4 is 5.78 Å². The third-order valence-electron chi connectivity index (χ3n) is 6.03. The summed E-state index contributed by atoms with van der Waals surface area (Å²) in [6.45, 7) is -1.28. The summed E-state index contributed by atoms with van der Waals surface area (Å²) in [6.07, 6.45) is -15.8. The van der Waals surface area contributed by atoms with Crippen LogP contribution in [0.3, 0.4) is 0 Å². The Kier molecular flexibility index (Phi) is 13.4. The molecular weight excluding hydrogens is 530 g/mol. The van der Waals surface area contributed by atoms with Gasteiger partial charge < -0.3 is 60.7 Å². The van der Waals surface area contributed by atoms with E-state index in [2.05, 4.69) is 30.4 Å². The normalized spacial score (nSPS) is 36.4. The SMILES string of the molecule is CC1OC(OC(C(=O)C(O)CO)C(O)CO)C(O)C(O)C1NC1C=C(CO)C(OOOOOO)C(O)C1O. The van der Waals surface area contributed by atoms with Gasteiger partial charge in [0, 0.05) is 0 Å². The van der Waals surface area contributed by atoms with Gasteiger partial charge in [0.15, 0.2) is 12.1 Å². The van der Waals surface area contributed by atoms with Gasteiger partial charge in [0.25, 0.3) is 0 Å². The number of carbonyl (C=O) groups is 1. The van der Waals surface area contributed by atoms with Crippen LogP contribution in [0.4, 0.5) is 0 Å². The fourth-order valence-corrected chi connectivity index (χ4v) is 3.99. The summed E-state index contributed by atoms with van der Waals surface area (Å²) in [7, 11) is 0. The first-order chi connectivity index (χ1) is 18.0. The van der Waals surface area contributed by atoms with E-state index in [1.54, 1.807) is 0 Å². The Balaban J connectivity index is 2.13. The summed E-state index contributed by atoms with van der Waals surface area (Å²) in [5, 5.41) is 115. The highest BCUT2D eigenvalue weighted by molar-refractivity contribution is 5.87. The summed E-state index contributed by atoms with van der Waals surface area (Å²) < 4.78 is 10.8. The minimum absolute atomic E-state index is 0.0313. The molecular formula is C19H33NO18. The van der Waals surface area contributed by atoms with Gasteiger partial charge in [-0.25, -0.2) is 5.26 Å². The van der Waals surface area contributed by atoms with E-state index >= 15 is 0 Å². The van der Waals surface area contributed by atoms with E-state index < -0.39 is 98.9 Å². The molecule has 1 heterocycles. The average molecular weight is 563 g/mol. The molecule has 1 fully saturated rings. The molecule has 0 radical (unpaired) electrons. The topological polar surface area (TPSA) is 296 Å². The third kappa shape index (κ3) is 7.88. The smallest absolute Gasteiger partial charge is 0.195 e. The highest BCUT2D eigenvalue weighted by atomic mass is 17.8. The number of aliphatic hydroxyl groups is 9. The standard InChI is InChI=1S/C19H33NO18/c1-6-11(20-8-2-7(3-21)17(15(29)12(8)26)34-36-38-37-35-31)14(28)16(30)19(32-6)33-18(10(25)5-23)13(27)9(24)4-22/h2,6,8-12,14-26,28-31H,3-5H2,1H3. The number of rotatable bonds is 15. The molecule has 19 nitrogen and oxygen atoms in total. The number of aliphatic hydroxyl groups excluding tert-OH is 9. The van der Waals surface area contributed by atoms with Crippen molar-refractivity contribution in [2.75, 3.05) is 19.8 Å². The van der Waals surface area contributed by atoms with E-state index in [4.69, 9.17) is 19.8 Å². The molecule has 0 amide bonds. The molecule has 19 heteroatoms. The summed E-state index contributed by atoms with van der Waals surface area (Å²) in [5.41, 5.74) is -0.0313. The first-order valence-electron chi connectivity index (χ1n) is 11.2. The average Bonchev–Trinajstić information content (AvgIpc) is 2.91. The molecule has 222 valence electrons. The van der Waals surface area contributed by atoms with E-state index in [0.29, 0.717) is 0 Å². The van der Waals surface area contributed by atoms with Gasteiger partial charge >= 0.3 is 0 Å². The number of carbonyl (C=O) groups excluding carboxylic acids is 1. The lowest BCUT2D eigenvalue weighted by molar-refractivity contribution is -0.756. The van der Waals surface area contributed by atoms with Gasteiger partial charge in [-0.3, -0.25) is 4.79 Å².